The van der Waals surface area contributed by atoms with Crippen molar-refractivity contribution in [3.8, 4) is 0 Å². The van der Waals surface area contributed by atoms with Crippen molar-refractivity contribution in [1.82, 2.24) is 0 Å². The Balaban J connectivity index is 4.45. The number of halogens is 26. The van der Waals surface area contributed by atoms with Crippen molar-refractivity contribution in [2.45, 2.75) is 54.2 Å². The molecule has 0 spiro atoms. The van der Waals surface area contributed by atoms with E-state index >= 15 is 0 Å². The van der Waals surface area contributed by atoms with Crippen LogP contribution in [0.4, 0.5) is 114 Å². The molecule has 0 bridgehead atoms. The van der Waals surface area contributed by atoms with E-state index in [1.54, 1.807) is 0 Å². The highest BCUT2D eigenvalue weighted by atomic mass is 19.4. The van der Waals surface area contributed by atoms with Crippen molar-refractivity contribution in [3.63, 3.8) is 0 Å². The van der Waals surface area contributed by atoms with E-state index < -0.39 is 100 Å². The van der Waals surface area contributed by atoms with E-state index in [0.717, 1.165) is 0 Å². The van der Waals surface area contributed by atoms with Crippen molar-refractivity contribution < 1.29 is 119 Å². The molecule has 0 fully saturated rings. The van der Waals surface area contributed by atoms with Crippen LogP contribution in [0.3, 0.4) is 0 Å². The average molecular weight is 714 g/mol. The first-order chi connectivity index (χ1) is 18.9. The zero-order valence-electron chi connectivity index (χ0n) is 18.7. The van der Waals surface area contributed by atoms with Gasteiger partial charge >= 0.3 is 54.2 Å². The highest BCUT2D eigenvalue weighted by Gasteiger charge is 2.92. The van der Waals surface area contributed by atoms with Gasteiger partial charge in [0.15, 0.2) is 29.1 Å². The summed E-state index contributed by atoms with van der Waals surface area (Å²) >= 11 is 0. The summed E-state index contributed by atoms with van der Waals surface area (Å²) in [6, 6.07) is 0. The van der Waals surface area contributed by atoms with Gasteiger partial charge in [-0.15, -0.1) is 0 Å². The largest absolute Gasteiger partial charge is 0.483 e. The quantitative estimate of drug-likeness (QED) is 0.141. The second kappa shape index (κ2) is 10.6. The third-order valence-electron chi connectivity index (χ3n) is 4.77. The fourth-order valence-electron chi connectivity index (χ4n) is 2.57. The molecular weight excluding hydrogens is 714 g/mol. The molecule has 256 valence electrons. The predicted octanol–water partition coefficient (Wildman–Crippen LogP) is 9.57. The molecule has 1 aromatic carbocycles. The first-order valence-corrected chi connectivity index (χ1v) is 9.32. The second-order valence-electron chi connectivity index (χ2n) is 7.64. The van der Waals surface area contributed by atoms with Gasteiger partial charge in [-0.25, -0.2) is 31.1 Å². The minimum atomic E-state index is -9.27. The predicted molar refractivity (Wildman–Crippen MR) is 82.1 cm³/mol. The Morgan fingerprint density at radius 2 is 0.727 bits per heavy atom. The smallest absolute Gasteiger partial charge is 0.244 e. The average Bonchev–Trinajstić information content (AvgIpc) is 2.78. The van der Waals surface area contributed by atoms with Gasteiger partial charge in [-0.2, -0.15) is 87.8 Å². The molecule has 0 saturated heterocycles. The molecule has 0 saturated carbocycles. The summed E-state index contributed by atoms with van der Waals surface area (Å²) in [5.41, 5.74) is -10.1. The number of ether oxygens (including phenoxy) is 1. The van der Waals surface area contributed by atoms with Crippen LogP contribution in [0.2, 0.25) is 0 Å². The van der Waals surface area contributed by atoms with Crippen LogP contribution in [0.5, 0.6) is 0 Å². The molecule has 0 aromatic heterocycles. The summed E-state index contributed by atoms with van der Waals surface area (Å²) in [5.74, 6) is -69.6. The van der Waals surface area contributed by atoms with Crippen molar-refractivity contribution in [2.75, 3.05) is 0 Å². The number of rotatable bonds is 9. The molecular formula is C17F26O. The molecule has 44 heavy (non-hydrogen) atoms. The van der Waals surface area contributed by atoms with Gasteiger partial charge < -0.3 is 0 Å². The lowest BCUT2D eigenvalue weighted by Gasteiger charge is -2.41. The zero-order chi connectivity index (χ0) is 35.8. The van der Waals surface area contributed by atoms with Crippen LogP contribution in [-0.4, -0.2) is 54.2 Å². The minimum Gasteiger partial charge on any atom is -0.244 e. The SMILES string of the molecule is FC(=C(C(F)(F)OC(F)(F)C(F)(F)F)C(F)(F)C(F)(F)C(F)(F)C(F)(F)C(F)(F)C(F)(F)F)c1c(F)c(F)c(F)c(F)c1F. The van der Waals surface area contributed by atoms with Crippen LogP contribution >= 0.6 is 0 Å². The Hall–Kier alpha value is -2.90. The first kappa shape index (κ1) is 39.1. The Bertz CT molecular complexity index is 1270. The highest BCUT2D eigenvalue weighted by Crippen LogP contribution is 2.63. The fraction of sp³-hybridized carbons (Fsp3) is 0.529. The fourth-order valence-corrected chi connectivity index (χ4v) is 2.57. The Morgan fingerprint density at radius 1 is 0.409 bits per heavy atom. The molecule has 1 aromatic rings. The van der Waals surface area contributed by atoms with Crippen molar-refractivity contribution in [2.24, 2.45) is 0 Å². The third-order valence-corrected chi connectivity index (χ3v) is 4.77. The van der Waals surface area contributed by atoms with Gasteiger partial charge in [-0.05, 0) is 0 Å². The van der Waals surface area contributed by atoms with E-state index in [1.807, 2.05) is 0 Å². The summed E-state index contributed by atoms with van der Waals surface area (Å²) in [6.07, 6.45) is -32.0. The molecule has 0 aliphatic heterocycles. The topological polar surface area (TPSA) is 9.23 Å². The van der Waals surface area contributed by atoms with Gasteiger partial charge in [0.2, 0.25) is 5.82 Å². The van der Waals surface area contributed by atoms with Crippen LogP contribution < -0.4 is 0 Å². The third kappa shape index (κ3) is 5.55. The zero-order valence-corrected chi connectivity index (χ0v) is 18.7. The molecule has 0 unspecified atom stereocenters. The van der Waals surface area contributed by atoms with Gasteiger partial charge in [0.25, 0.3) is 0 Å². The van der Waals surface area contributed by atoms with Gasteiger partial charge in [-0.3, -0.25) is 0 Å². The lowest BCUT2D eigenvalue weighted by molar-refractivity contribution is -0.458. The van der Waals surface area contributed by atoms with E-state index in [0.29, 0.717) is 0 Å². The van der Waals surface area contributed by atoms with Crippen LogP contribution in [0.15, 0.2) is 5.57 Å². The summed E-state index contributed by atoms with van der Waals surface area (Å²) in [4.78, 5) is 0. The monoisotopic (exact) mass is 714 g/mol. The summed E-state index contributed by atoms with van der Waals surface area (Å²) < 4.78 is 348. The Labute approximate surface area is 220 Å². The van der Waals surface area contributed by atoms with Crippen LogP contribution in [0, 0.1) is 29.1 Å². The summed E-state index contributed by atoms with van der Waals surface area (Å²) in [7, 11) is 0. The lowest BCUT2D eigenvalue weighted by Crippen LogP contribution is -2.71. The Kier molecular flexibility index (Phi) is 9.41. The molecule has 1 rings (SSSR count). The van der Waals surface area contributed by atoms with Crippen LogP contribution in [0.1, 0.15) is 5.56 Å². The first-order valence-electron chi connectivity index (χ1n) is 9.32. The maximum absolute atomic E-state index is 14.6. The standard InChI is InChI=1S/C17F26O/c18-2-1(3(19)6(22)7(23)5(2)21)4(20)8(10(26,27)44-17(42,43)16(39,40)41)9(24,25)11(28,29)12(30,31)13(32,33)14(34,35)15(36,37)38. The van der Waals surface area contributed by atoms with E-state index in [4.69, 9.17) is 0 Å². The van der Waals surface area contributed by atoms with E-state index in [9.17, 15) is 114 Å². The summed E-state index contributed by atoms with van der Waals surface area (Å²) in [6.45, 7) is 0. The van der Waals surface area contributed by atoms with Crippen molar-refractivity contribution in [1.29, 1.82) is 0 Å². The van der Waals surface area contributed by atoms with Gasteiger partial charge in [0.1, 0.15) is 5.57 Å². The number of hydrogen-bond donors (Lipinski definition) is 0. The Morgan fingerprint density at radius 3 is 1.05 bits per heavy atom. The lowest BCUT2D eigenvalue weighted by atomic mass is 9.88. The van der Waals surface area contributed by atoms with Crippen molar-refractivity contribution in [3.05, 3.63) is 40.2 Å². The van der Waals surface area contributed by atoms with Crippen LogP contribution in [0.25, 0.3) is 5.83 Å². The molecule has 0 aliphatic carbocycles. The molecule has 0 aliphatic rings. The number of alkyl halides is 20. The minimum absolute atomic E-state index is 1.29. The van der Waals surface area contributed by atoms with E-state index in [1.165, 1.54) is 4.74 Å². The number of hydrogen-bond acceptors (Lipinski definition) is 1. The number of benzene rings is 1. The molecule has 0 heterocycles. The summed E-state index contributed by atoms with van der Waals surface area (Å²) in [5, 5.41) is 0. The molecule has 27 heteroatoms. The molecule has 0 atom stereocenters. The second-order valence-corrected chi connectivity index (χ2v) is 7.64. The molecule has 1 nitrogen and oxygen atoms in total. The molecule has 0 amide bonds. The van der Waals surface area contributed by atoms with Gasteiger partial charge in [0, 0.05) is 0 Å². The van der Waals surface area contributed by atoms with E-state index in [2.05, 4.69) is 0 Å². The highest BCUT2D eigenvalue weighted by molar-refractivity contribution is 5.67. The van der Waals surface area contributed by atoms with E-state index in [-0.39, 0.29) is 0 Å². The van der Waals surface area contributed by atoms with Crippen molar-refractivity contribution >= 4 is 5.83 Å². The molecule has 0 radical (unpaired) electrons. The van der Waals surface area contributed by atoms with Crippen LogP contribution in [-0.2, 0) is 4.74 Å². The maximum Gasteiger partial charge on any atom is 0.483 e. The maximum atomic E-state index is 14.6. The van der Waals surface area contributed by atoms with Gasteiger partial charge in [0.05, 0.1) is 5.56 Å². The normalized spacial score (nSPS) is 16.0. The molecule has 0 N–H and O–H groups in total. The van der Waals surface area contributed by atoms with Gasteiger partial charge in [-0.1, -0.05) is 0 Å².